The average Bonchev–Trinajstić information content (AvgIpc) is 3.33. The van der Waals surface area contributed by atoms with Crippen LogP contribution >= 0.6 is 0 Å². The van der Waals surface area contributed by atoms with E-state index in [4.69, 9.17) is 4.42 Å². The summed E-state index contributed by atoms with van der Waals surface area (Å²) >= 11 is 0. The van der Waals surface area contributed by atoms with Crippen molar-refractivity contribution in [1.82, 2.24) is 9.80 Å². The Kier molecular flexibility index (Phi) is 5.79. The number of piperidine rings is 2. The van der Waals surface area contributed by atoms with Crippen molar-refractivity contribution in [2.24, 2.45) is 11.8 Å². The Bertz CT molecular complexity index is 854. The summed E-state index contributed by atoms with van der Waals surface area (Å²) in [7, 11) is 0. The minimum atomic E-state index is -0.166. The minimum absolute atomic E-state index is 0.0213. The summed E-state index contributed by atoms with van der Waals surface area (Å²) in [6, 6.07) is 11.0. The topological polar surface area (TPSA) is 70.8 Å². The van der Waals surface area contributed by atoms with Gasteiger partial charge in [-0.3, -0.25) is 14.4 Å². The van der Waals surface area contributed by atoms with Gasteiger partial charge in [-0.2, -0.15) is 0 Å². The van der Waals surface area contributed by atoms with E-state index in [9.17, 15) is 14.4 Å². The summed E-state index contributed by atoms with van der Waals surface area (Å²) in [5.74, 6) is 0.0175. The first-order valence-electron chi connectivity index (χ1n) is 10.3. The fraction of sp³-hybridized carbons (Fsp3) is 0.435. The first kappa shape index (κ1) is 19.4. The molecule has 1 aromatic heterocycles. The third kappa shape index (κ3) is 4.26. The Balaban J connectivity index is 1.32. The minimum Gasteiger partial charge on any atom is -0.472 e. The Morgan fingerprint density at radius 2 is 1.59 bits per heavy atom. The molecular weight excluding hydrogens is 368 g/mol. The maximum Gasteiger partial charge on any atom is 0.257 e. The van der Waals surface area contributed by atoms with E-state index in [1.807, 2.05) is 35.2 Å². The fourth-order valence-electron chi connectivity index (χ4n) is 4.39. The number of benzene rings is 1. The molecule has 152 valence electrons. The molecular formula is C23H26N2O4. The summed E-state index contributed by atoms with van der Waals surface area (Å²) in [6.07, 6.45) is 5.95. The van der Waals surface area contributed by atoms with Crippen molar-refractivity contribution in [2.45, 2.75) is 25.7 Å². The number of rotatable bonds is 4. The number of furan rings is 1. The quantitative estimate of drug-likeness (QED) is 0.747. The Labute approximate surface area is 170 Å². The zero-order valence-corrected chi connectivity index (χ0v) is 16.5. The summed E-state index contributed by atoms with van der Waals surface area (Å²) in [5, 5.41) is 0. The van der Waals surface area contributed by atoms with E-state index in [1.54, 1.807) is 11.0 Å². The van der Waals surface area contributed by atoms with Crippen molar-refractivity contribution < 1.29 is 18.8 Å². The van der Waals surface area contributed by atoms with Crippen LogP contribution in [0.25, 0.3) is 0 Å². The molecule has 2 aliphatic heterocycles. The van der Waals surface area contributed by atoms with Crippen molar-refractivity contribution in [1.29, 1.82) is 0 Å². The number of ketones is 1. The van der Waals surface area contributed by atoms with Gasteiger partial charge in [0.05, 0.1) is 17.7 Å². The molecule has 0 bridgehead atoms. The van der Waals surface area contributed by atoms with Crippen LogP contribution in [-0.4, -0.2) is 53.6 Å². The maximum absolute atomic E-state index is 13.0. The van der Waals surface area contributed by atoms with Gasteiger partial charge in [0.2, 0.25) is 5.91 Å². The molecule has 0 N–H and O–H groups in total. The number of hydrogen-bond donors (Lipinski definition) is 0. The number of carbonyl (C=O) groups excluding carboxylic acids is 3. The zero-order chi connectivity index (χ0) is 20.2. The van der Waals surface area contributed by atoms with Crippen molar-refractivity contribution in [3.8, 4) is 0 Å². The van der Waals surface area contributed by atoms with Gasteiger partial charge >= 0.3 is 0 Å². The Morgan fingerprint density at radius 1 is 0.828 bits per heavy atom. The van der Waals surface area contributed by atoms with E-state index in [1.165, 1.54) is 12.5 Å². The van der Waals surface area contributed by atoms with Crippen LogP contribution in [0.2, 0.25) is 0 Å². The lowest BCUT2D eigenvalue weighted by atomic mass is 9.88. The number of carbonyl (C=O) groups is 3. The summed E-state index contributed by atoms with van der Waals surface area (Å²) in [5.41, 5.74) is 1.27. The van der Waals surface area contributed by atoms with Gasteiger partial charge in [-0.05, 0) is 31.7 Å². The molecule has 2 amide bonds. The predicted molar refractivity (Wildman–Crippen MR) is 107 cm³/mol. The van der Waals surface area contributed by atoms with Gasteiger partial charge in [0, 0.05) is 37.7 Å². The van der Waals surface area contributed by atoms with Crippen molar-refractivity contribution in [3.63, 3.8) is 0 Å². The van der Waals surface area contributed by atoms with E-state index in [0.29, 0.717) is 44.6 Å². The Morgan fingerprint density at radius 3 is 2.28 bits per heavy atom. The number of Topliss-reactive ketones (excluding diaryl/α,β-unsaturated/α-hetero) is 1. The van der Waals surface area contributed by atoms with Crippen LogP contribution in [0.1, 0.15) is 46.4 Å². The number of likely N-dealkylation sites (tertiary alicyclic amines) is 2. The number of hydrogen-bond acceptors (Lipinski definition) is 4. The van der Waals surface area contributed by atoms with Crippen LogP contribution in [0.4, 0.5) is 0 Å². The van der Waals surface area contributed by atoms with Crippen molar-refractivity contribution in [2.75, 3.05) is 26.2 Å². The highest BCUT2D eigenvalue weighted by atomic mass is 16.3. The summed E-state index contributed by atoms with van der Waals surface area (Å²) < 4.78 is 5.01. The second-order valence-electron chi connectivity index (χ2n) is 7.93. The molecule has 2 fully saturated rings. The van der Waals surface area contributed by atoms with E-state index in [2.05, 4.69) is 0 Å². The lowest BCUT2D eigenvalue weighted by Crippen LogP contribution is -2.49. The molecule has 6 heteroatoms. The van der Waals surface area contributed by atoms with Gasteiger partial charge < -0.3 is 14.2 Å². The van der Waals surface area contributed by atoms with Gasteiger partial charge in [0.15, 0.2) is 5.78 Å². The highest BCUT2D eigenvalue weighted by Crippen LogP contribution is 2.26. The summed E-state index contributed by atoms with van der Waals surface area (Å²) in [6.45, 7) is 2.33. The van der Waals surface area contributed by atoms with Gasteiger partial charge in [0.1, 0.15) is 6.26 Å². The van der Waals surface area contributed by atoms with Crippen molar-refractivity contribution >= 4 is 17.6 Å². The average molecular weight is 394 g/mol. The van der Waals surface area contributed by atoms with E-state index in [0.717, 1.165) is 18.4 Å². The highest BCUT2D eigenvalue weighted by Gasteiger charge is 2.34. The molecule has 0 saturated carbocycles. The lowest BCUT2D eigenvalue weighted by Gasteiger charge is -2.37. The molecule has 0 spiro atoms. The van der Waals surface area contributed by atoms with Gasteiger partial charge in [-0.1, -0.05) is 30.3 Å². The molecule has 1 atom stereocenters. The SMILES string of the molecule is O=C(c1ccccc1)C1CCN(C(=O)[C@@H]2CCCN(C(=O)c3ccoc3)C2)CC1. The second kappa shape index (κ2) is 8.64. The van der Waals surface area contributed by atoms with Gasteiger partial charge in [-0.15, -0.1) is 0 Å². The zero-order valence-electron chi connectivity index (χ0n) is 16.5. The van der Waals surface area contributed by atoms with E-state index >= 15 is 0 Å². The molecule has 29 heavy (non-hydrogen) atoms. The normalized spacial score (nSPS) is 20.5. The second-order valence-corrected chi connectivity index (χ2v) is 7.93. The maximum atomic E-state index is 13.0. The van der Waals surface area contributed by atoms with Crippen LogP contribution in [0, 0.1) is 11.8 Å². The predicted octanol–water partition coefficient (Wildman–Crippen LogP) is 3.25. The van der Waals surface area contributed by atoms with Crippen LogP contribution in [0.15, 0.2) is 53.3 Å². The van der Waals surface area contributed by atoms with E-state index < -0.39 is 0 Å². The summed E-state index contributed by atoms with van der Waals surface area (Å²) in [4.78, 5) is 41.9. The van der Waals surface area contributed by atoms with Crippen LogP contribution in [0.3, 0.4) is 0 Å². The molecule has 0 aliphatic carbocycles. The lowest BCUT2D eigenvalue weighted by molar-refractivity contribution is -0.138. The number of nitrogens with zero attached hydrogens (tertiary/aromatic N) is 2. The van der Waals surface area contributed by atoms with Crippen LogP contribution in [-0.2, 0) is 4.79 Å². The first-order valence-corrected chi connectivity index (χ1v) is 10.3. The molecule has 2 aliphatic rings. The van der Waals surface area contributed by atoms with Gasteiger partial charge in [-0.25, -0.2) is 0 Å². The standard InChI is InChI=1S/C23H26N2O4/c26-21(17-5-2-1-3-6-17)18-8-12-24(13-9-18)22(27)19-7-4-11-25(15-19)23(28)20-10-14-29-16-20/h1-3,5-6,10,14,16,18-19H,4,7-9,11-13,15H2/t19-/m1/s1. The number of amides is 2. The molecule has 4 rings (SSSR count). The molecule has 1 aromatic carbocycles. The highest BCUT2D eigenvalue weighted by molar-refractivity contribution is 5.98. The Hall–Kier alpha value is -2.89. The third-order valence-corrected chi connectivity index (χ3v) is 6.06. The molecule has 0 unspecified atom stereocenters. The third-order valence-electron chi connectivity index (χ3n) is 6.06. The van der Waals surface area contributed by atoms with E-state index in [-0.39, 0.29) is 29.4 Å². The molecule has 2 saturated heterocycles. The van der Waals surface area contributed by atoms with Crippen LogP contribution < -0.4 is 0 Å². The fourth-order valence-corrected chi connectivity index (χ4v) is 4.39. The van der Waals surface area contributed by atoms with Crippen LogP contribution in [0.5, 0.6) is 0 Å². The first-order chi connectivity index (χ1) is 14.1. The molecule has 6 nitrogen and oxygen atoms in total. The molecule has 0 radical (unpaired) electrons. The largest absolute Gasteiger partial charge is 0.472 e. The smallest absolute Gasteiger partial charge is 0.257 e. The molecule has 3 heterocycles. The monoisotopic (exact) mass is 394 g/mol. The van der Waals surface area contributed by atoms with Crippen molar-refractivity contribution in [3.05, 3.63) is 60.1 Å². The van der Waals surface area contributed by atoms with Gasteiger partial charge in [0.25, 0.3) is 5.91 Å². The molecule has 2 aromatic rings.